The first-order valence-corrected chi connectivity index (χ1v) is 6.94. The van der Waals surface area contributed by atoms with Crippen LogP contribution in [-0.4, -0.2) is 30.1 Å². The van der Waals surface area contributed by atoms with Gasteiger partial charge in [0.25, 0.3) is 0 Å². The highest BCUT2D eigenvalue weighted by molar-refractivity contribution is 5.89. The number of benzene rings is 1. The topological polar surface area (TPSA) is 58.4 Å². The maximum absolute atomic E-state index is 12.1. The number of carbonyl (C=O) groups excluding carboxylic acids is 1. The van der Waals surface area contributed by atoms with Crippen LogP contribution in [0.5, 0.6) is 0 Å². The van der Waals surface area contributed by atoms with Crippen LogP contribution in [0.3, 0.4) is 0 Å². The predicted octanol–water partition coefficient (Wildman–Crippen LogP) is 2.59. The maximum Gasteiger partial charge on any atom is 0.321 e. The number of urea groups is 1. The van der Waals surface area contributed by atoms with Crippen LogP contribution in [0.15, 0.2) is 24.3 Å². The van der Waals surface area contributed by atoms with E-state index in [1.807, 2.05) is 43.0 Å². The molecule has 2 amide bonds. The number of rotatable bonds is 2. The number of likely N-dealkylation sites (tertiary alicyclic amines) is 1. The number of anilines is 1. The van der Waals surface area contributed by atoms with E-state index in [9.17, 15) is 4.79 Å². The Hall–Kier alpha value is -1.55. The van der Waals surface area contributed by atoms with Crippen molar-refractivity contribution in [2.45, 2.75) is 32.7 Å². The van der Waals surface area contributed by atoms with Crippen molar-refractivity contribution >= 4 is 11.7 Å². The fourth-order valence-corrected chi connectivity index (χ4v) is 2.55. The van der Waals surface area contributed by atoms with Gasteiger partial charge in [-0.1, -0.05) is 12.1 Å². The van der Waals surface area contributed by atoms with Crippen molar-refractivity contribution in [3.63, 3.8) is 0 Å². The summed E-state index contributed by atoms with van der Waals surface area (Å²) in [4.78, 5) is 14.0. The summed E-state index contributed by atoms with van der Waals surface area (Å²) >= 11 is 0. The number of piperidine rings is 1. The molecule has 104 valence electrons. The summed E-state index contributed by atoms with van der Waals surface area (Å²) in [5, 5.41) is 2.95. The van der Waals surface area contributed by atoms with Gasteiger partial charge < -0.3 is 16.0 Å². The van der Waals surface area contributed by atoms with Crippen LogP contribution in [0.4, 0.5) is 10.5 Å². The van der Waals surface area contributed by atoms with Crippen LogP contribution in [0.25, 0.3) is 0 Å². The van der Waals surface area contributed by atoms with E-state index in [0.717, 1.165) is 37.2 Å². The standard InChI is InChI=1S/C15H23N3O/c1-11-4-3-5-14(10-11)17-15(19)18-8-6-13(7-9-18)12(2)16/h3-5,10,12-13H,6-9,16H2,1-2H3,(H,17,19). The van der Waals surface area contributed by atoms with Crippen molar-refractivity contribution in [3.8, 4) is 0 Å². The molecule has 1 aromatic rings. The van der Waals surface area contributed by atoms with E-state index < -0.39 is 0 Å². The summed E-state index contributed by atoms with van der Waals surface area (Å²) in [6.07, 6.45) is 2.00. The van der Waals surface area contributed by atoms with Gasteiger partial charge in [0.15, 0.2) is 0 Å². The fraction of sp³-hybridized carbons (Fsp3) is 0.533. The molecule has 0 bridgehead atoms. The molecule has 19 heavy (non-hydrogen) atoms. The Morgan fingerprint density at radius 3 is 2.68 bits per heavy atom. The number of nitrogens with two attached hydrogens (primary N) is 1. The highest BCUT2D eigenvalue weighted by Gasteiger charge is 2.24. The minimum atomic E-state index is -0.00581. The van der Waals surface area contributed by atoms with Crippen molar-refractivity contribution in [1.82, 2.24) is 4.90 Å². The largest absolute Gasteiger partial charge is 0.328 e. The van der Waals surface area contributed by atoms with Gasteiger partial charge in [0, 0.05) is 24.8 Å². The molecule has 4 heteroatoms. The summed E-state index contributed by atoms with van der Waals surface area (Å²) in [6.45, 7) is 5.66. The molecular weight excluding hydrogens is 238 g/mol. The van der Waals surface area contributed by atoms with Crippen LogP contribution < -0.4 is 11.1 Å². The quantitative estimate of drug-likeness (QED) is 0.859. The first kappa shape index (κ1) is 13.9. The molecule has 0 aliphatic carbocycles. The molecule has 1 heterocycles. The Labute approximate surface area is 115 Å². The number of nitrogens with one attached hydrogen (secondary N) is 1. The number of hydrogen-bond acceptors (Lipinski definition) is 2. The summed E-state index contributed by atoms with van der Waals surface area (Å²) in [6, 6.07) is 8.08. The lowest BCUT2D eigenvalue weighted by atomic mass is 9.91. The van der Waals surface area contributed by atoms with Gasteiger partial charge in [-0.05, 0) is 50.3 Å². The van der Waals surface area contributed by atoms with Crippen LogP contribution >= 0.6 is 0 Å². The molecule has 0 aromatic heterocycles. The third kappa shape index (κ3) is 3.70. The monoisotopic (exact) mass is 261 g/mol. The number of aryl methyl sites for hydroxylation is 1. The Balaban J connectivity index is 1.88. The van der Waals surface area contributed by atoms with Crippen molar-refractivity contribution in [3.05, 3.63) is 29.8 Å². The highest BCUT2D eigenvalue weighted by atomic mass is 16.2. The van der Waals surface area contributed by atoms with E-state index in [1.165, 1.54) is 0 Å². The Morgan fingerprint density at radius 2 is 2.11 bits per heavy atom. The average molecular weight is 261 g/mol. The van der Waals surface area contributed by atoms with Crippen LogP contribution in [0.2, 0.25) is 0 Å². The zero-order valence-electron chi connectivity index (χ0n) is 11.7. The van der Waals surface area contributed by atoms with Crippen LogP contribution in [0.1, 0.15) is 25.3 Å². The highest BCUT2D eigenvalue weighted by Crippen LogP contribution is 2.20. The van der Waals surface area contributed by atoms with Gasteiger partial charge in [-0.2, -0.15) is 0 Å². The smallest absolute Gasteiger partial charge is 0.321 e. The second-order valence-electron chi connectivity index (χ2n) is 5.48. The SMILES string of the molecule is Cc1cccc(NC(=O)N2CCC(C(C)N)CC2)c1. The molecule has 2 rings (SSSR count). The van der Waals surface area contributed by atoms with E-state index >= 15 is 0 Å². The lowest BCUT2D eigenvalue weighted by molar-refractivity contribution is 0.176. The van der Waals surface area contributed by atoms with E-state index in [-0.39, 0.29) is 12.1 Å². The zero-order chi connectivity index (χ0) is 13.8. The normalized spacial score (nSPS) is 18.2. The second-order valence-corrected chi connectivity index (χ2v) is 5.48. The van der Waals surface area contributed by atoms with Gasteiger partial charge in [0.2, 0.25) is 0 Å². The molecule has 1 aromatic carbocycles. The van der Waals surface area contributed by atoms with Gasteiger partial charge in [0.1, 0.15) is 0 Å². The molecule has 1 saturated heterocycles. The molecule has 0 spiro atoms. The van der Waals surface area contributed by atoms with E-state index in [2.05, 4.69) is 5.32 Å². The van der Waals surface area contributed by atoms with Crippen LogP contribution in [-0.2, 0) is 0 Å². The van der Waals surface area contributed by atoms with E-state index in [4.69, 9.17) is 5.73 Å². The molecule has 3 N–H and O–H groups in total. The molecule has 0 radical (unpaired) electrons. The van der Waals surface area contributed by atoms with Crippen molar-refractivity contribution < 1.29 is 4.79 Å². The molecule has 1 atom stereocenters. The van der Waals surface area contributed by atoms with E-state index in [0.29, 0.717) is 5.92 Å². The number of carbonyl (C=O) groups is 1. The van der Waals surface area contributed by atoms with Crippen LogP contribution in [0, 0.1) is 12.8 Å². The van der Waals surface area contributed by atoms with E-state index in [1.54, 1.807) is 0 Å². The van der Waals surface area contributed by atoms with Gasteiger partial charge in [-0.15, -0.1) is 0 Å². The predicted molar refractivity (Wildman–Crippen MR) is 78.1 cm³/mol. The van der Waals surface area contributed by atoms with Crippen molar-refractivity contribution in [2.75, 3.05) is 18.4 Å². The van der Waals surface area contributed by atoms with Gasteiger partial charge in [-0.25, -0.2) is 4.79 Å². The average Bonchev–Trinajstić information content (AvgIpc) is 2.39. The van der Waals surface area contributed by atoms with Gasteiger partial charge >= 0.3 is 6.03 Å². The van der Waals surface area contributed by atoms with Crippen molar-refractivity contribution in [1.29, 1.82) is 0 Å². The Bertz CT molecular complexity index is 437. The second kappa shape index (κ2) is 6.06. The number of hydrogen-bond donors (Lipinski definition) is 2. The third-order valence-corrected chi connectivity index (χ3v) is 3.84. The summed E-state index contributed by atoms with van der Waals surface area (Å²) in [5.74, 6) is 0.544. The maximum atomic E-state index is 12.1. The molecular formula is C15H23N3O. The summed E-state index contributed by atoms with van der Waals surface area (Å²) < 4.78 is 0. The van der Waals surface area contributed by atoms with Crippen molar-refractivity contribution in [2.24, 2.45) is 11.7 Å². The summed E-state index contributed by atoms with van der Waals surface area (Å²) in [7, 11) is 0. The Morgan fingerprint density at radius 1 is 1.42 bits per heavy atom. The number of nitrogens with zero attached hydrogens (tertiary/aromatic N) is 1. The molecule has 1 unspecified atom stereocenters. The molecule has 4 nitrogen and oxygen atoms in total. The third-order valence-electron chi connectivity index (χ3n) is 3.84. The molecule has 1 aliphatic heterocycles. The molecule has 1 aliphatic rings. The van der Waals surface area contributed by atoms with Gasteiger partial charge in [0.05, 0.1) is 0 Å². The molecule has 1 fully saturated rings. The summed E-state index contributed by atoms with van der Waals surface area (Å²) in [5.41, 5.74) is 7.92. The molecule has 0 saturated carbocycles. The minimum absolute atomic E-state index is 0.00581. The lowest BCUT2D eigenvalue weighted by Crippen LogP contribution is -2.44. The van der Waals surface area contributed by atoms with Gasteiger partial charge in [-0.3, -0.25) is 0 Å². The Kier molecular flexibility index (Phi) is 4.43. The zero-order valence-corrected chi connectivity index (χ0v) is 11.7. The first-order chi connectivity index (χ1) is 9.06. The fourth-order valence-electron chi connectivity index (χ4n) is 2.55. The minimum Gasteiger partial charge on any atom is -0.328 e. The first-order valence-electron chi connectivity index (χ1n) is 6.94. The lowest BCUT2D eigenvalue weighted by Gasteiger charge is -2.33. The number of amides is 2.